The van der Waals surface area contributed by atoms with Gasteiger partial charge in [0.25, 0.3) is 0 Å². The lowest BCUT2D eigenvalue weighted by Gasteiger charge is -2.18. The second-order valence-electron chi connectivity index (χ2n) is 5.54. The molecule has 0 unspecified atom stereocenters. The lowest BCUT2D eigenvalue weighted by molar-refractivity contribution is -0.120. The largest absolute Gasteiger partial charge is 0.325 e. The molecule has 2 amide bonds. The number of amides is 2. The average Bonchev–Trinajstić information content (AvgIpc) is 2.29. The Labute approximate surface area is 143 Å². The van der Waals surface area contributed by atoms with Gasteiger partial charge in [-0.15, -0.1) is 24.8 Å². The molecule has 0 aliphatic heterocycles. The van der Waals surface area contributed by atoms with Gasteiger partial charge in [-0.25, -0.2) is 0 Å². The van der Waals surface area contributed by atoms with Crippen molar-refractivity contribution in [3.8, 4) is 0 Å². The number of nitrogens with one attached hydrogen (secondary N) is 2. The Bertz CT molecular complexity index is 485. The predicted molar refractivity (Wildman–Crippen MR) is 95.0 cm³/mol. The van der Waals surface area contributed by atoms with E-state index >= 15 is 0 Å². The third-order valence-corrected chi connectivity index (χ3v) is 2.47. The Kier molecular flexibility index (Phi) is 10.0. The van der Waals surface area contributed by atoms with Crippen molar-refractivity contribution in [1.29, 1.82) is 0 Å². The summed E-state index contributed by atoms with van der Waals surface area (Å²) < 4.78 is 0. The molecule has 0 aliphatic rings. The van der Waals surface area contributed by atoms with Crippen molar-refractivity contribution >= 4 is 48.0 Å². The summed E-state index contributed by atoms with van der Waals surface area (Å²) in [4.78, 5) is 25.1. The van der Waals surface area contributed by atoms with Crippen LogP contribution in [-0.4, -0.2) is 42.9 Å². The number of likely N-dealkylation sites (N-methyl/N-ethyl adjacent to an activating group) is 1. The van der Waals surface area contributed by atoms with E-state index in [1.165, 1.54) is 0 Å². The van der Waals surface area contributed by atoms with Crippen LogP contribution in [0.5, 0.6) is 0 Å². The molecule has 0 atom stereocenters. The molecule has 0 saturated carbocycles. The van der Waals surface area contributed by atoms with Crippen molar-refractivity contribution in [2.75, 3.05) is 31.3 Å². The second kappa shape index (κ2) is 9.63. The molecule has 22 heavy (non-hydrogen) atoms. The van der Waals surface area contributed by atoms with Crippen LogP contribution in [0.4, 0.5) is 11.4 Å². The van der Waals surface area contributed by atoms with Gasteiger partial charge in [0.15, 0.2) is 0 Å². The third-order valence-electron chi connectivity index (χ3n) is 2.47. The maximum Gasteiger partial charge on any atom is 0.243 e. The fraction of sp³-hybridized carbons (Fsp3) is 0.429. The second-order valence-corrected chi connectivity index (χ2v) is 5.54. The fourth-order valence-corrected chi connectivity index (χ4v) is 1.42. The summed E-state index contributed by atoms with van der Waals surface area (Å²) >= 11 is 0. The van der Waals surface area contributed by atoms with Crippen molar-refractivity contribution < 1.29 is 9.59 Å². The number of hydrogen-bond donors (Lipinski definition) is 3. The molecule has 0 heterocycles. The van der Waals surface area contributed by atoms with E-state index in [1.54, 1.807) is 43.0 Å². The van der Waals surface area contributed by atoms with Crippen molar-refractivity contribution in [3.63, 3.8) is 0 Å². The Hall–Kier alpha value is -1.34. The van der Waals surface area contributed by atoms with E-state index in [0.717, 1.165) is 0 Å². The van der Waals surface area contributed by atoms with Crippen LogP contribution in [0.2, 0.25) is 0 Å². The zero-order valence-corrected chi connectivity index (χ0v) is 14.8. The lowest BCUT2D eigenvalue weighted by atomic mass is 10.1. The third kappa shape index (κ3) is 8.19. The topological polar surface area (TPSA) is 87.5 Å². The van der Waals surface area contributed by atoms with E-state index in [0.29, 0.717) is 17.9 Å². The molecule has 0 spiro atoms. The van der Waals surface area contributed by atoms with Gasteiger partial charge in [0.2, 0.25) is 11.8 Å². The first-order valence-electron chi connectivity index (χ1n) is 6.33. The maximum absolute atomic E-state index is 11.7. The molecule has 1 aromatic rings. The molecule has 0 aliphatic carbocycles. The van der Waals surface area contributed by atoms with Crippen LogP contribution in [0.3, 0.4) is 0 Å². The summed E-state index contributed by atoms with van der Waals surface area (Å²) in [7, 11) is 3.65. The molecule has 0 fully saturated rings. The van der Waals surface area contributed by atoms with E-state index in [9.17, 15) is 9.59 Å². The number of carbonyl (C=O) groups is 2. The lowest BCUT2D eigenvalue weighted by Crippen LogP contribution is -2.45. The van der Waals surface area contributed by atoms with Crippen molar-refractivity contribution in [3.05, 3.63) is 24.3 Å². The molecular formula is C14H24Cl2N4O2. The number of benzene rings is 1. The number of hydrogen-bond acceptors (Lipinski definition) is 4. The highest BCUT2D eigenvalue weighted by atomic mass is 35.5. The zero-order valence-electron chi connectivity index (χ0n) is 13.2. The minimum Gasteiger partial charge on any atom is -0.325 e. The highest BCUT2D eigenvalue weighted by Crippen LogP contribution is 2.14. The maximum atomic E-state index is 11.7. The number of nitrogens with zero attached hydrogens (tertiary/aromatic N) is 1. The van der Waals surface area contributed by atoms with Gasteiger partial charge in [-0.2, -0.15) is 0 Å². The van der Waals surface area contributed by atoms with Crippen LogP contribution >= 0.6 is 24.8 Å². The fourth-order valence-electron chi connectivity index (χ4n) is 1.42. The quantitative estimate of drug-likeness (QED) is 0.754. The van der Waals surface area contributed by atoms with Crippen molar-refractivity contribution in [2.24, 2.45) is 5.73 Å². The van der Waals surface area contributed by atoms with Crippen LogP contribution in [0, 0.1) is 0 Å². The predicted octanol–water partition coefficient (Wildman–Crippen LogP) is 1.71. The molecule has 1 aromatic carbocycles. The standard InChI is InChI=1S/C14H22N4O2.2ClH/c1-14(2,15)13(20)17-11-7-5-10(6-8-11)16-12(19)9-18(3)4;;/h5-8H,9,15H2,1-4H3,(H,16,19)(H,17,20);2*1H. The Morgan fingerprint density at radius 3 is 1.82 bits per heavy atom. The molecule has 0 bridgehead atoms. The summed E-state index contributed by atoms with van der Waals surface area (Å²) in [6.45, 7) is 3.59. The number of halogens is 2. The van der Waals surface area contributed by atoms with Crippen LogP contribution < -0.4 is 16.4 Å². The van der Waals surface area contributed by atoms with Crippen LogP contribution in [0.15, 0.2) is 24.3 Å². The molecule has 6 nitrogen and oxygen atoms in total. The normalized spacial score (nSPS) is 10.3. The van der Waals surface area contributed by atoms with Gasteiger partial charge < -0.3 is 21.3 Å². The average molecular weight is 351 g/mol. The highest BCUT2D eigenvalue weighted by molar-refractivity contribution is 5.97. The van der Waals surface area contributed by atoms with Gasteiger partial charge in [-0.05, 0) is 52.2 Å². The first kappa shape index (κ1) is 22.9. The van der Waals surface area contributed by atoms with E-state index in [-0.39, 0.29) is 36.6 Å². The van der Waals surface area contributed by atoms with E-state index in [2.05, 4.69) is 10.6 Å². The summed E-state index contributed by atoms with van der Waals surface area (Å²) in [5.74, 6) is -0.350. The monoisotopic (exact) mass is 350 g/mol. The summed E-state index contributed by atoms with van der Waals surface area (Å²) in [6, 6.07) is 6.89. The van der Waals surface area contributed by atoms with Crippen molar-refractivity contribution in [1.82, 2.24) is 4.90 Å². The molecule has 126 valence electrons. The number of nitrogens with two attached hydrogens (primary N) is 1. The number of anilines is 2. The summed E-state index contributed by atoms with van der Waals surface area (Å²) in [5.41, 5.74) is 6.08. The molecule has 0 radical (unpaired) electrons. The minimum atomic E-state index is -0.932. The van der Waals surface area contributed by atoms with Crippen LogP contribution in [0.1, 0.15) is 13.8 Å². The van der Waals surface area contributed by atoms with Gasteiger partial charge in [0.05, 0.1) is 12.1 Å². The van der Waals surface area contributed by atoms with E-state index in [1.807, 2.05) is 14.1 Å². The van der Waals surface area contributed by atoms with Gasteiger partial charge in [0, 0.05) is 11.4 Å². The Morgan fingerprint density at radius 2 is 1.45 bits per heavy atom. The zero-order chi connectivity index (χ0) is 15.3. The SMILES string of the molecule is CN(C)CC(=O)Nc1ccc(NC(=O)C(C)(C)N)cc1.Cl.Cl. The summed E-state index contributed by atoms with van der Waals surface area (Å²) in [5, 5.41) is 5.48. The van der Waals surface area contributed by atoms with Crippen LogP contribution in [-0.2, 0) is 9.59 Å². The van der Waals surface area contributed by atoms with Gasteiger partial charge in [-0.3, -0.25) is 9.59 Å². The Morgan fingerprint density at radius 1 is 1.05 bits per heavy atom. The van der Waals surface area contributed by atoms with Crippen LogP contribution in [0.25, 0.3) is 0 Å². The number of carbonyl (C=O) groups excluding carboxylic acids is 2. The molecule has 4 N–H and O–H groups in total. The molecular weight excluding hydrogens is 327 g/mol. The summed E-state index contributed by atoms with van der Waals surface area (Å²) in [6.07, 6.45) is 0. The molecule has 8 heteroatoms. The minimum absolute atomic E-state index is 0. The first-order valence-corrected chi connectivity index (χ1v) is 6.33. The number of rotatable bonds is 5. The van der Waals surface area contributed by atoms with Gasteiger partial charge in [0.1, 0.15) is 0 Å². The van der Waals surface area contributed by atoms with E-state index in [4.69, 9.17) is 5.73 Å². The molecule has 0 saturated heterocycles. The van der Waals surface area contributed by atoms with Gasteiger partial charge >= 0.3 is 0 Å². The van der Waals surface area contributed by atoms with E-state index < -0.39 is 5.54 Å². The highest BCUT2D eigenvalue weighted by Gasteiger charge is 2.21. The van der Waals surface area contributed by atoms with Crippen molar-refractivity contribution in [2.45, 2.75) is 19.4 Å². The molecule has 0 aromatic heterocycles. The molecule has 1 rings (SSSR count). The smallest absolute Gasteiger partial charge is 0.243 e. The Balaban J connectivity index is 0. The van der Waals surface area contributed by atoms with Gasteiger partial charge in [-0.1, -0.05) is 0 Å². The first-order chi connectivity index (χ1) is 9.18.